The first-order valence-electron chi connectivity index (χ1n) is 11.2. The molecule has 2 aromatic rings. The molecule has 2 heterocycles. The van der Waals surface area contributed by atoms with Crippen molar-refractivity contribution in [2.24, 2.45) is 0 Å². The fourth-order valence-electron chi connectivity index (χ4n) is 4.54. The molecule has 0 radical (unpaired) electrons. The van der Waals surface area contributed by atoms with E-state index in [0.29, 0.717) is 27.6 Å². The molecule has 2 atom stereocenters. The van der Waals surface area contributed by atoms with Gasteiger partial charge in [0.2, 0.25) is 5.91 Å². The third-order valence-electron chi connectivity index (χ3n) is 5.83. The van der Waals surface area contributed by atoms with Crippen LogP contribution in [-0.2, 0) is 23.2 Å². The van der Waals surface area contributed by atoms with E-state index < -0.39 is 31.3 Å². The van der Waals surface area contributed by atoms with Crippen molar-refractivity contribution in [2.45, 2.75) is 39.1 Å². The van der Waals surface area contributed by atoms with Crippen LogP contribution in [0.3, 0.4) is 0 Å². The van der Waals surface area contributed by atoms with Crippen molar-refractivity contribution in [1.29, 1.82) is 0 Å². The monoisotopic (exact) mass is 489 g/mol. The Morgan fingerprint density at radius 2 is 1.82 bits per heavy atom. The topological polar surface area (TPSA) is 114 Å². The molecule has 1 saturated heterocycles. The lowest BCUT2D eigenvalue weighted by Gasteiger charge is -2.29. The fraction of sp³-hybridized carbons (Fsp3) is 0.435. The summed E-state index contributed by atoms with van der Waals surface area (Å²) < 4.78 is 24.2. The van der Waals surface area contributed by atoms with Gasteiger partial charge in [-0.3, -0.25) is 28.7 Å². The molecule has 2 aromatic carbocycles. The maximum atomic E-state index is 13.4. The predicted octanol–water partition coefficient (Wildman–Crippen LogP) is 3.62. The van der Waals surface area contributed by atoms with E-state index in [1.54, 1.807) is 51.2 Å². The molecule has 0 unspecified atom stereocenters. The fourth-order valence-corrected chi connectivity index (χ4v) is 6.62. The smallest absolute Gasteiger partial charge is 0.326 e. The maximum absolute atomic E-state index is 13.4. The zero-order valence-electron chi connectivity index (χ0n) is 19.6. The highest BCUT2D eigenvalue weighted by molar-refractivity contribution is 7.54. The molecule has 0 saturated carbocycles. The van der Waals surface area contributed by atoms with Gasteiger partial charge < -0.3 is 14.4 Å². The van der Waals surface area contributed by atoms with Crippen molar-refractivity contribution in [1.82, 2.24) is 9.96 Å². The lowest BCUT2D eigenvalue weighted by Crippen LogP contribution is -2.44. The number of carbonyl (C=O) groups is 3. The van der Waals surface area contributed by atoms with Crippen LogP contribution in [0.2, 0.25) is 0 Å². The van der Waals surface area contributed by atoms with Gasteiger partial charge in [-0.25, -0.2) is 0 Å². The van der Waals surface area contributed by atoms with Crippen molar-refractivity contribution in [3.05, 3.63) is 41.5 Å². The Bertz CT molecular complexity index is 1190. The van der Waals surface area contributed by atoms with Gasteiger partial charge in [0.15, 0.2) is 0 Å². The highest BCUT2D eigenvalue weighted by Gasteiger charge is 2.47. The third-order valence-corrected chi connectivity index (χ3v) is 8.33. The Hall–Kier alpha value is -2.62. The minimum Gasteiger partial charge on any atom is -0.326 e. The minimum atomic E-state index is -3.48. The van der Waals surface area contributed by atoms with E-state index in [2.05, 4.69) is 5.32 Å². The summed E-state index contributed by atoms with van der Waals surface area (Å²) in [6.45, 7) is 5.25. The third kappa shape index (κ3) is 4.39. The van der Waals surface area contributed by atoms with Crippen LogP contribution in [0.5, 0.6) is 0 Å². The zero-order chi connectivity index (χ0) is 24.6. The number of nitrogens with one attached hydrogen (secondary N) is 1. The van der Waals surface area contributed by atoms with Crippen LogP contribution in [0, 0.1) is 0 Å². The summed E-state index contributed by atoms with van der Waals surface area (Å²) in [5.74, 6) is -1.83. The summed E-state index contributed by atoms with van der Waals surface area (Å²) in [4.78, 5) is 45.3. The van der Waals surface area contributed by atoms with Crippen LogP contribution in [-0.4, -0.2) is 66.4 Å². The number of nitrogens with zero attached hydrogens (tertiary/aromatic N) is 2. The van der Waals surface area contributed by atoms with Gasteiger partial charge in [-0.2, -0.15) is 5.06 Å². The van der Waals surface area contributed by atoms with Gasteiger partial charge in [-0.05, 0) is 37.4 Å². The van der Waals surface area contributed by atoms with Crippen molar-refractivity contribution in [3.63, 3.8) is 0 Å². The van der Waals surface area contributed by atoms with E-state index in [4.69, 9.17) is 13.9 Å². The number of amides is 3. The SMILES string of the molecule is CCOP(=O)(OCC)[C@@H]1C[C@H](CN2C(=O)c3cccc4cc(NC(C)=O)cc(c34)C2=O)ON1C. The molecule has 0 spiro atoms. The van der Waals surface area contributed by atoms with E-state index in [1.165, 1.54) is 12.0 Å². The largest absolute Gasteiger partial charge is 0.350 e. The molecule has 1 N–H and O–H groups in total. The lowest BCUT2D eigenvalue weighted by atomic mass is 9.93. The summed E-state index contributed by atoms with van der Waals surface area (Å²) >= 11 is 0. The molecule has 1 fully saturated rings. The van der Waals surface area contributed by atoms with Gasteiger partial charge in [-0.1, -0.05) is 12.1 Å². The summed E-state index contributed by atoms with van der Waals surface area (Å²) in [5, 5.41) is 5.38. The Labute approximate surface area is 197 Å². The van der Waals surface area contributed by atoms with Crippen LogP contribution < -0.4 is 5.32 Å². The van der Waals surface area contributed by atoms with E-state index >= 15 is 0 Å². The first-order valence-corrected chi connectivity index (χ1v) is 12.8. The average Bonchev–Trinajstić information content (AvgIpc) is 3.15. The van der Waals surface area contributed by atoms with Crippen LogP contribution in [0.25, 0.3) is 10.8 Å². The van der Waals surface area contributed by atoms with Crippen molar-refractivity contribution in [2.75, 3.05) is 32.1 Å². The average molecular weight is 489 g/mol. The number of hydrogen-bond donors (Lipinski definition) is 1. The van der Waals surface area contributed by atoms with Crippen molar-refractivity contribution in [3.8, 4) is 0 Å². The number of benzene rings is 2. The molecule has 0 aliphatic carbocycles. The molecule has 34 heavy (non-hydrogen) atoms. The Balaban J connectivity index is 1.62. The summed E-state index contributed by atoms with van der Waals surface area (Å²) in [7, 11) is -1.85. The van der Waals surface area contributed by atoms with Crippen LogP contribution in [0.15, 0.2) is 30.3 Å². The molecule has 3 amide bonds. The van der Waals surface area contributed by atoms with Gasteiger partial charge in [0.25, 0.3) is 11.8 Å². The van der Waals surface area contributed by atoms with E-state index in [-0.39, 0.29) is 32.1 Å². The number of hydroxylamine groups is 2. The summed E-state index contributed by atoms with van der Waals surface area (Å²) in [5.41, 5.74) is 1.20. The predicted molar refractivity (Wildman–Crippen MR) is 126 cm³/mol. The normalized spacial score (nSPS) is 20.9. The molecule has 11 heteroatoms. The second-order valence-corrected chi connectivity index (χ2v) is 10.4. The maximum Gasteiger partial charge on any atom is 0.350 e. The Morgan fingerprint density at radius 3 is 2.47 bits per heavy atom. The minimum absolute atomic E-state index is 0.0308. The Kier molecular flexibility index (Phi) is 6.89. The standard InChI is InChI=1S/C23H28N3O7P/c1-5-31-34(30,32-6-2)20-12-17(33-25(20)4)13-26-22(28)18-9-7-8-15-10-16(24-14(3)27)11-19(21(15)18)23(26)29/h7-11,17,20H,5-6,12-13H2,1-4H3,(H,24,27)/t17-,20-/m1/s1. The van der Waals surface area contributed by atoms with Crippen LogP contribution in [0.1, 0.15) is 47.9 Å². The molecule has 2 aliphatic rings. The molecular weight excluding hydrogens is 461 g/mol. The summed E-state index contributed by atoms with van der Waals surface area (Å²) in [6, 6.07) is 8.52. The van der Waals surface area contributed by atoms with Crippen molar-refractivity contribution < 1.29 is 32.8 Å². The molecule has 2 aliphatic heterocycles. The number of carbonyl (C=O) groups excluding carboxylic acids is 3. The first-order chi connectivity index (χ1) is 16.2. The second kappa shape index (κ2) is 9.56. The molecule has 0 bridgehead atoms. The Morgan fingerprint density at radius 1 is 1.15 bits per heavy atom. The van der Waals surface area contributed by atoms with Crippen LogP contribution >= 0.6 is 7.60 Å². The van der Waals surface area contributed by atoms with E-state index in [1.807, 2.05) is 0 Å². The highest BCUT2D eigenvalue weighted by Crippen LogP contribution is 2.57. The molecule has 182 valence electrons. The molecule has 4 rings (SSSR count). The van der Waals surface area contributed by atoms with Gasteiger partial charge in [0, 0.05) is 37.0 Å². The first kappa shape index (κ1) is 24.5. The summed E-state index contributed by atoms with van der Waals surface area (Å²) in [6.07, 6.45) is -0.329. The zero-order valence-corrected chi connectivity index (χ0v) is 20.5. The molecular formula is C23H28N3O7P. The lowest BCUT2D eigenvalue weighted by molar-refractivity contribution is -0.137. The highest BCUT2D eigenvalue weighted by atomic mass is 31.2. The molecule has 10 nitrogen and oxygen atoms in total. The molecule has 0 aromatic heterocycles. The second-order valence-electron chi connectivity index (χ2n) is 8.19. The quantitative estimate of drug-likeness (QED) is 0.442. The van der Waals surface area contributed by atoms with Crippen molar-refractivity contribution >= 4 is 41.8 Å². The van der Waals surface area contributed by atoms with Gasteiger partial charge in [-0.15, -0.1) is 0 Å². The van der Waals surface area contributed by atoms with E-state index in [0.717, 1.165) is 4.90 Å². The number of anilines is 1. The van der Waals surface area contributed by atoms with Gasteiger partial charge in [0.1, 0.15) is 5.78 Å². The number of hydrogen-bond acceptors (Lipinski definition) is 8. The van der Waals surface area contributed by atoms with E-state index in [9.17, 15) is 18.9 Å². The van der Waals surface area contributed by atoms with Crippen LogP contribution in [0.4, 0.5) is 5.69 Å². The van der Waals surface area contributed by atoms with Gasteiger partial charge >= 0.3 is 7.60 Å². The number of imide groups is 1. The van der Waals surface area contributed by atoms with Gasteiger partial charge in [0.05, 0.1) is 31.4 Å². The number of rotatable bonds is 8.